The van der Waals surface area contributed by atoms with E-state index in [1.807, 2.05) is 18.2 Å². The molecule has 0 aliphatic carbocycles. The summed E-state index contributed by atoms with van der Waals surface area (Å²) in [6.45, 7) is 7.50. The number of fused-ring (bicyclic) bond motifs is 1. The molecular formula is C17H26N2O. The predicted octanol–water partition coefficient (Wildman–Crippen LogP) is 3.60. The molecule has 0 aromatic heterocycles. The zero-order valence-corrected chi connectivity index (χ0v) is 12.8. The zero-order valence-electron chi connectivity index (χ0n) is 12.8. The number of nitrogens with one attached hydrogen (secondary N) is 2. The van der Waals surface area contributed by atoms with Crippen LogP contribution in [0.2, 0.25) is 0 Å². The van der Waals surface area contributed by atoms with Crippen molar-refractivity contribution >= 4 is 11.6 Å². The Morgan fingerprint density at radius 3 is 2.80 bits per heavy atom. The summed E-state index contributed by atoms with van der Waals surface area (Å²) in [5.74, 6) is 0.607. The molecule has 1 aromatic carbocycles. The Bertz CT molecular complexity index is 466. The minimum atomic E-state index is 0.0535. The number of amides is 1. The minimum absolute atomic E-state index is 0.0535. The topological polar surface area (TPSA) is 41.1 Å². The SMILES string of the molecule is CCC(CC)C(C)NC(=O)c1ccc2c(c1)CCCN2. The smallest absolute Gasteiger partial charge is 0.251 e. The number of carbonyl (C=O) groups excluding carboxylic acids is 1. The van der Waals surface area contributed by atoms with E-state index in [0.29, 0.717) is 5.92 Å². The van der Waals surface area contributed by atoms with Crippen molar-refractivity contribution in [2.24, 2.45) is 5.92 Å². The maximum atomic E-state index is 12.3. The molecule has 1 aliphatic heterocycles. The Balaban J connectivity index is 2.05. The van der Waals surface area contributed by atoms with Gasteiger partial charge >= 0.3 is 0 Å². The van der Waals surface area contributed by atoms with Gasteiger partial charge in [0.25, 0.3) is 5.91 Å². The average molecular weight is 274 g/mol. The summed E-state index contributed by atoms with van der Waals surface area (Å²) in [6.07, 6.45) is 4.41. The second-order valence-electron chi connectivity index (χ2n) is 5.74. The largest absolute Gasteiger partial charge is 0.385 e. The molecule has 1 unspecified atom stereocenters. The van der Waals surface area contributed by atoms with Gasteiger partial charge in [0.05, 0.1) is 0 Å². The summed E-state index contributed by atoms with van der Waals surface area (Å²) < 4.78 is 0. The van der Waals surface area contributed by atoms with Crippen molar-refractivity contribution in [3.05, 3.63) is 29.3 Å². The van der Waals surface area contributed by atoms with Crippen molar-refractivity contribution in [1.29, 1.82) is 0 Å². The molecule has 1 aromatic rings. The molecule has 0 bridgehead atoms. The van der Waals surface area contributed by atoms with E-state index >= 15 is 0 Å². The van der Waals surface area contributed by atoms with Crippen molar-refractivity contribution in [3.8, 4) is 0 Å². The molecule has 0 saturated carbocycles. The fourth-order valence-corrected chi connectivity index (χ4v) is 3.02. The summed E-state index contributed by atoms with van der Waals surface area (Å²) in [4.78, 5) is 12.3. The normalized spacial score (nSPS) is 15.4. The molecule has 0 fully saturated rings. The van der Waals surface area contributed by atoms with Crippen LogP contribution in [0.3, 0.4) is 0 Å². The molecule has 1 atom stereocenters. The van der Waals surface area contributed by atoms with Crippen LogP contribution in [0.15, 0.2) is 18.2 Å². The van der Waals surface area contributed by atoms with Gasteiger partial charge < -0.3 is 10.6 Å². The standard InChI is InChI=1S/C17H26N2O/c1-4-13(5-2)12(3)19-17(20)15-8-9-16-14(11-15)7-6-10-18-16/h8-9,11-13,18H,4-7,10H2,1-3H3,(H,19,20). The third kappa shape index (κ3) is 3.33. The van der Waals surface area contributed by atoms with E-state index in [0.717, 1.165) is 37.8 Å². The summed E-state index contributed by atoms with van der Waals surface area (Å²) in [6, 6.07) is 6.22. The second kappa shape index (κ2) is 6.78. The summed E-state index contributed by atoms with van der Waals surface area (Å²) in [7, 11) is 0. The predicted molar refractivity (Wildman–Crippen MR) is 84.3 cm³/mol. The van der Waals surface area contributed by atoms with Gasteiger partial charge in [0, 0.05) is 23.8 Å². The highest BCUT2D eigenvalue weighted by Crippen LogP contribution is 2.23. The van der Waals surface area contributed by atoms with E-state index in [2.05, 4.69) is 31.4 Å². The number of carbonyl (C=O) groups is 1. The lowest BCUT2D eigenvalue weighted by Crippen LogP contribution is -2.37. The van der Waals surface area contributed by atoms with E-state index in [-0.39, 0.29) is 11.9 Å². The lowest BCUT2D eigenvalue weighted by Gasteiger charge is -2.23. The third-order valence-corrected chi connectivity index (χ3v) is 4.42. The Morgan fingerprint density at radius 2 is 2.10 bits per heavy atom. The van der Waals surface area contributed by atoms with Gasteiger partial charge in [-0.15, -0.1) is 0 Å². The Hall–Kier alpha value is -1.51. The zero-order chi connectivity index (χ0) is 14.5. The second-order valence-corrected chi connectivity index (χ2v) is 5.74. The van der Waals surface area contributed by atoms with Crippen LogP contribution >= 0.6 is 0 Å². The van der Waals surface area contributed by atoms with Crippen molar-refractivity contribution in [1.82, 2.24) is 5.32 Å². The maximum absolute atomic E-state index is 12.3. The van der Waals surface area contributed by atoms with E-state index in [4.69, 9.17) is 0 Å². The molecule has 110 valence electrons. The number of aryl methyl sites for hydroxylation is 1. The Kier molecular flexibility index (Phi) is 5.05. The van der Waals surface area contributed by atoms with Crippen LogP contribution in [-0.4, -0.2) is 18.5 Å². The van der Waals surface area contributed by atoms with Crippen LogP contribution in [-0.2, 0) is 6.42 Å². The fourth-order valence-electron chi connectivity index (χ4n) is 3.02. The van der Waals surface area contributed by atoms with Gasteiger partial charge in [-0.25, -0.2) is 0 Å². The number of anilines is 1. The minimum Gasteiger partial charge on any atom is -0.385 e. The molecule has 0 saturated heterocycles. The van der Waals surface area contributed by atoms with Gasteiger partial charge in [0.2, 0.25) is 0 Å². The van der Waals surface area contributed by atoms with Crippen LogP contribution in [0.5, 0.6) is 0 Å². The monoisotopic (exact) mass is 274 g/mol. The number of benzene rings is 1. The van der Waals surface area contributed by atoms with E-state index < -0.39 is 0 Å². The van der Waals surface area contributed by atoms with Gasteiger partial charge in [-0.1, -0.05) is 26.7 Å². The van der Waals surface area contributed by atoms with Gasteiger partial charge in [0.15, 0.2) is 0 Å². The molecule has 1 aliphatic rings. The maximum Gasteiger partial charge on any atom is 0.251 e. The van der Waals surface area contributed by atoms with Crippen LogP contribution in [0.4, 0.5) is 5.69 Å². The molecule has 2 N–H and O–H groups in total. The highest BCUT2D eigenvalue weighted by atomic mass is 16.1. The highest BCUT2D eigenvalue weighted by Gasteiger charge is 2.18. The first-order chi connectivity index (χ1) is 9.65. The fraction of sp³-hybridized carbons (Fsp3) is 0.588. The first kappa shape index (κ1) is 14.9. The summed E-state index contributed by atoms with van der Waals surface area (Å²) in [5.41, 5.74) is 3.23. The van der Waals surface area contributed by atoms with Crippen LogP contribution in [0.25, 0.3) is 0 Å². The third-order valence-electron chi connectivity index (χ3n) is 4.42. The van der Waals surface area contributed by atoms with Crippen LogP contribution < -0.4 is 10.6 Å². The van der Waals surface area contributed by atoms with Crippen LogP contribution in [0.1, 0.15) is 56.0 Å². The Labute approximate surface area is 122 Å². The van der Waals surface area contributed by atoms with Crippen molar-refractivity contribution in [3.63, 3.8) is 0 Å². The van der Waals surface area contributed by atoms with Crippen molar-refractivity contribution in [2.75, 3.05) is 11.9 Å². The molecule has 0 spiro atoms. The lowest BCUT2D eigenvalue weighted by atomic mass is 9.95. The molecule has 1 heterocycles. The van der Waals surface area contributed by atoms with Gasteiger partial charge in [-0.05, 0) is 49.4 Å². The summed E-state index contributed by atoms with van der Waals surface area (Å²) in [5, 5.41) is 6.52. The van der Waals surface area contributed by atoms with Gasteiger partial charge in [0.1, 0.15) is 0 Å². The molecular weight excluding hydrogens is 248 g/mol. The first-order valence-corrected chi connectivity index (χ1v) is 7.83. The molecule has 0 radical (unpaired) electrons. The van der Waals surface area contributed by atoms with E-state index in [9.17, 15) is 4.79 Å². The van der Waals surface area contributed by atoms with Gasteiger partial charge in [-0.3, -0.25) is 4.79 Å². The highest BCUT2D eigenvalue weighted by molar-refractivity contribution is 5.95. The van der Waals surface area contributed by atoms with Gasteiger partial charge in [-0.2, -0.15) is 0 Å². The average Bonchev–Trinajstić information content (AvgIpc) is 2.48. The summed E-state index contributed by atoms with van der Waals surface area (Å²) >= 11 is 0. The Morgan fingerprint density at radius 1 is 1.35 bits per heavy atom. The molecule has 20 heavy (non-hydrogen) atoms. The molecule has 2 rings (SSSR count). The molecule has 3 nitrogen and oxygen atoms in total. The van der Waals surface area contributed by atoms with E-state index in [1.165, 1.54) is 11.3 Å². The number of rotatable bonds is 5. The van der Waals surface area contributed by atoms with E-state index in [1.54, 1.807) is 0 Å². The lowest BCUT2D eigenvalue weighted by molar-refractivity contribution is 0.0925. The van der Waals surface area contributed by atoms with Crippen molar-refractivity contribution < 1.29 is 4.79 Å². The number of hydrogen-bond acceptors (Lipinski definition) is 2. The van der Waals surface area contributed by atoms with Crippen molar-refractivity contribution in [2.45, 2.75) is 52.5 Å². The molecule has 3 heteroatoms. The van der Waals surface area contributed by atoms with Crippen LogP contribution in [0, 0.1) is 5.92 Å². The first-order valence-electron chi connectivity index (χ1n) is 7.83. The molecule has 1 amide bonds. The quantitative estimate of drug-likeness (QED) is 0.861. The number of hydrogen-bond donors (Lipinski definition) is 2.